The standard InChI is InChI=1S/C11H14N2O4S/c1-7-2-3-8(17-7)4-12-11(16)13-6-18-5-9(13)10(14)15/h2-3,9H,4-6H2,1H3,(H,12,16)(H,14,15)/t9-/m1/s1. The van der Waals surface area contributed by atoms with Gasteiger partial charge in [0.25, 0.3) is 0 Å². The second-order valence-electron chi connectivity index (χ2n) is 3.99. The van der Waals surface area contributed by atoms with Crippen molar-refractivity contribution in [3.63, 3.8) is 0 Å². The van der Waals surface area contributed by atoms with Gasteiger partial charge in [-0.2, -0.15) is 0 Å². The Labute approximate surface area is 108 Å². The van der Waals surface area contributed by atoms with E-state index in [1.807, 2.05) is 13.0 Å². The molecular formula is C11H14N2O4S. The van der Waals surface area contributed by atoms with Gasteiger partial charge in [0.2, 0.25) is 0 Å². The van der Waals surface area contributed by atoms with Gasteiger partial charge < -0.3 is 19.7 Å². The van der Waals surface area contributed by atoms with Crippen molar-refractivity contribution >= 4 is 23.8 Å². The summed E-state index contributed by atoms with van der Waals surface area (Å²) in [7, 11) is 0. The Balaban J connectivity index is 1.89. The Morgan fingerprint density at radius 2 is 2.39 bits per heavy atom. The molecule has 18 heavy (non-hydrogen) atoms. The summed E-state index contributed by atoms with van der Waals surface area (Å²) in [6.07, 6.45) is 0. The van der Waals surface area contributed by atoms with Crippen LogP contribution in [0.2, 0.25) is 0 Å². The predicted molar refractivity (Wildman–Crippen MR) is 66.3 cm³/mol. The van der Waals surface area contributed by atoms with Crippen LogP contribution < -0.4 is 5.32 Å². The third kappa shape index (κ3) is 2.79. The number of nitrogens with zero attached hydrogens (tertiary/aromatic N) is 1. The maximum atomic E-state index is 11.8. The predicted octanol–water partition coefficient (Wildman–Crippen LogP) is 1.26. The molecule has 7 heteroatoms. The molecule has 0 saturated carbocycles. The average Bonchev–Trinajstić information content (AvgIpc) is 2.94. The second kappa shape index (κ2) is 5.34. The lowest BCUT2D eigenvalue weighted by molar-refractivity contribution is -0.140. The van der Waals surface area contributed by atoms with Crippen molar-refractivity contribution in [2.75, 3.05) is 11.6 Å². The SMILES string of the molecule is Cc1ccc(CNC(=O)N2CSC[C@@H]2C(=O)O)o1. The molecule has 0 radical (unpaired) electrons. The highest BCUT2D eigenvalue weighted by atomic mass is 32.2. The third-order valence-electron chi connectivity index (χ3n) is 2.64. The smallest absolute Gasteiger partial charge is 0.327 e. The Bertz CT molecular complexity index is 460. The van der Waals surface area contributed by atoms with E-state index in [0.29, 0.717) is 17.4 Å². The fourth-order valence-electron chi connectivity index (χ4n) is 1.69. The van der Waals surface area contributed by atoms with Gasteiger partial charge in [0.1, 0.15) is 17.6 Å². The van der Waals surface area contributed by atoms with Crippen molar-refractivity contribution in [1.82, 2.24) is 10.2 Å². The lowest BCUT2D eigenvalue weighted by Crippen LogP contribution is -2.46. The molecule has 2 heterocycles. The number of carboxylic acid groups (broad SMARTS) is 1. The minimum absolute atomic E-state index is 0.264. The summed E-state index contributed by atoms with van der Waals surface area (Å²) in [5.41, 5.74) is 0. The highest BCUT2D eigenvalue weighted by Gasteiger charge is 2.34. The van der Waals surface area contributed by atoms with E-state index in [1.54, 1.807) is 6.07 Å². The molecule has 1 saturated heterocycles. The van der Waals surface area contributed by atoms with Gasteiger partial charge in [-0.25, -0.2) is 9.59 Å². The minimum Gasteiger partial charge on any atom is -0.480 e. The minimum atomic E-state index is -0.969. The molecule has 98 valence electrons. The number of carboxylic acids is 1. The highest BCUT2D eigenvalue weighted by Crippen LogP contribution is 2.21. The van der Waals surface area contributed by atoms with Crippen LogP contribution in [0.15, 0.2) is 16.5 Å². The summed E-state index contributed by atoms with van der Waals surface area (Å²) >= 11 is 1.43. The van der Waals surface area contributed by atoms with Gasteiger partial charge in [-0.3, -0.25) is 0 Å². The van der Waals surface area contributed by atoms with Crippen LogP contribution in [0, 0.1) is 6.92 Å². The summed E-state index contributed by atoms with van der Waals surface area (Å²) in [4.78, 5) is 24.1. The molecule has 1 aromatic heterocycles. The van der Waals surface area contributed by atoms with E-state index >= 15 is 0 Å². The number of urea groups is 1. The van der Waals surface area contributed by atoms with Gasteiger partial charge in [0.05, 0.1) is 12.4 Å². The van der Waals surface area contributed by atoms with Gasteiger partial charge in [-0.1, -0.05) is 0 Å². The number of hydrogen-bond acceptors (Lipinski definition) is 4. The molecule has 0 bridgehead atoms. The van der Waals surface area contributed by atoms with Crippen molar-refractivity contribution in [1.29, 1.82) is 0 Å². The first-order chi connectivity index (χ1) is 8.58. The maximum Gasteiger partial charge on any atom is 0.327 e. The van der Waals surface area contributed by atoms with E-state index in [4.69, 9.17) is 9.52 Å². The molecule has 2 N–H and O–H groups in total. The van der Waals surface area contributed by atoms with Gasteiger partial charge >= 0.3 is 12.0 Å². The van der Waals surface area contributed by atoms with Crippen molar-refractivity contribution in [3.8, 4) is 0 Å². The molecule has 0 unspecified atom stereocenters. The van der Waals surface area contributed by atoms with Crippen LogP contribution in [0.1, 0.15) is 11.5 Å². The van der Waals surface area contributed by atoms with Crippen LogP contribution in [0.25, 0.3) is 0 Å². The Morgan fingerprint density at radius 3 is 3.00 bits per heavy atom. The van der Waals surface area contributed by atoms with E-state index in [1.165, 1.54) is 16.7 Å². The Hall–Kier alpha value is -1.63. The summed E-state index contributed by atoms with van der Waals surface area (Å²) in [5, 5.41) is 11.6. The number of furan rings is 1. The molecule has 1 aliphatic rings. The Kier molecular flexibility index (Phi) is 3.81. The topological polar surface area (TPSA) is 82.8 Å². The van der Waals surface area contributed by atoms with Crippen LogP contribution in [-0.2, 0) is 11.3 Å². The summed E-state index contributed by atoms with van der Waals surface area (Å²) in [5.74, 6) is 1.30. The number of aryl methyl sites for hydroxylation is 1. The molecule has 1 aliphatic heterocycles. The van der Waals surface area contributed by atoms with E-state index in [0.717, 1.165) is 5.76 Å². The zero-order valence-electron chi connectivity index (χ0n) is 9.88. The molecule has 6 nitrogen and oxygen atoms in total. The molecule has 0 spiro atoms. The van der Waals surface area contributed by atoms with Gasteiger partial charge in [0.15, 0.2) is 0 Å². The number of carbonyl (C=O) groups excluding carboxylic acids is 1. The number of aliphatic carboxylic acids is 1. The van der Waals surface area contributed by atoms with Crippen LogP contribution in [0.3, 0.4) is 0 Å². The molecule has 1 aromatic rings. The number of amides is 2. The third-order valence-corrected chi connectivity index (χ3v) is 3.65. The first-order valence-corrected chi connectivity index (χ1v) is 6.63. The monoisotopic (exact) mass is 270 g/mol. The van der Waals surface area contributed by atoms with E-state index < -0.39 is 12.0 Å². The maximum absolute atomic E-state index is 11.8. The molecule has 2 rings (SSSR count). The van der Waals surface area contributed by atoms with E-state index in [-0.39, 0.29) is 12.6 Å². The van der Waals surface area contributed by atoms with Crippen molar-refractivity contribution in [2.24, 2.45) is 0 Å². The van der Waals surface area contributed by atoms with Crippen molar-refractivity contribution < 1.29 is 19.1 Å². The number of rotatable bonds is 3. The van der Waals surface area contributed by atoms with E-state index in [9.17, 15) is 9.59 Å². The van der Waals surface area contributed by atoms with Crippen molar-refractivity contribution in [3.05, 3.63) is 23.7 Å². The molecule has 2 amide bonds. The zero-order chi connectivity index (χ0) is 13.1. The van der Waals surface area contributed by atoms with Crippen LogP contribution in [0.4, 0.5) is 4.79 Å². The first kappa shape index (κ1) is 12.8. The molecule has 0 aliphatic carbocycles. The van der Waals surface area contributed by atoms with Crippen molar-refractivity contribution in [2.45, 2.75) is 19.5 Å². The average molecular weight is 270 g/mol. The fraction of sp³-hybridized carbons (Fsp3) is 0.455. The number of hydrogen-bond donors (Lipinski definition) is 2. The highest BCUT2D eigenvalue weighted by molar-refractivity contribution is 7.99. The molecule has 1 fully saturated rings. The normalized spacial score (nSPS) is 18.9. The van der Waals surface area contributed by atoms with Crippen LogP contribution in [-0.4, -0.2) is 39.7 Å². The molecular weight excluding hydrogens is 256 g/mol. The largest absolute Gasteiger partial charge is 0.480 e. The summed E-state index contributed by atoms with van der Waals surface area (Å²) in [6.45, 7) is 2.09. The number of thioether (sulfide) groups is 1. The summed E-state index contributed by atoms with van der Waals surface area (Å²) < 4.78 is 5.32. The lowest BCUT2D eigenvalue weighted by atomic mass is 10.3. The number of carbonyl (C=O) groups is 2. The van der Waals surface area contributed by atoms with E-state index in [2.05, 4.69) is 5.32 Å². The Morgan fingerprint density at radius 1 is 1.61 bits per heavy atom. The molecule has 1 atom stereocenters. The van der Waals surface area contributed by atoms with Gasteiger partial charge in [-0.15, -0.1) is 11.8 Å². The van der Waals surface area contributed by atoms with Crippen LogP contribution >= 0.6 is 11.8 Å². The molecule has 0 aromatic carbocycles. The van der Waals surface area contributed by atoms with Gasteiger partial charge in [0, 0.05) is 5.75 Å². The lowest BCUT2D eigenvalue weighted by Gasteiger charge is -2.20. The number of nitrogens with one attached hydrogen (secondary N) is 1. The quantitative estimate of drug-likeness (QED) is 0.864. The van der Waals surface area contributed by atoms with Crippen LogP contribution in [0.5, 0.6) is 0 Å². The summed E-state index contributed by atoms with van der Waals surface area (Å²) in [6, 6.07) is 2.48. The van der Waals surface area contributed by atoms with Gasteiger partial charge in [-0.05, 0) is 19.1 Å². The zero-order valence-corrected chi connectivity index (χ0v) is 10.7. The second-order valence-corrected chi connectivity index (χ2v) is 4.99. The first-order valence-electron chi connectivity index (χ1n) is 5.48. The fourth-order valence-corrected chi connectivity index (χ4v) is 2.84.